The van der Waals surface area contributed by atoms with Gasteiger partial charge in [-0.3, -0.25) is 9.78 Å². The fraction of sp³-hybridized carbons (Fsp3) is 0.545. The van der Waals surface area contributed by atoms with Crippen molar-refractivity contribution in [3.05, 3.63) is 42.1 Å². The van der Waals surface area contributed by atoms with Crippen LogP contribution in [0.5, 0.6) is 0 Å². The van der Waals surface area contributed by atoms with Crippen LogP contribution in [-0.4, -0.2) is 54.3 Å². The van der Waals surface area contributed by atoms with Gasteiger partial charge >= 0.3 is 0 Å². The average molecular weight is 366 g/mol. The summed E-state index contributed by atoms with van der Waals surface area (Å²) in [7, 11) is 0. The van der Waals surface area contributed by atoms with Crippen LogP contribution in [0.4, 0.5) is 0 Å². The maximum absolute atomic E-state index is 13.0. The predicted octanol–water partition coefficient (Wildman–Crippen LogP) is 3.28. The minimum absolute atomic E-state index is 0.0819. The molecule has 27 heavy (non-hydrogen) atoms. The fourth-order valence-electron chi connectivity index (χ4n) is 4.50. The molecule has 5 rings (SSSR count). The molecule has 0 radical (unpaired) electrons. The van der Waals surface area contributed by atoms with Crippen LogP contribution in [0, 0.1) is 11.8 Å². The highest BCUT2D eigenvalue weighted by Crippen LogP contribution is 2.42. The molecule has 1 atom stereocenters. The van der Waals surface area contributed by atoms with E-state index in [1.54, 1.807) is 6.20 Å². The summed E-state index contributed by atoms with van der Waals surface area (Å²) in [5.74, 6) is 1.39. The van der Waals surface area contributed by atoms with Crippen LogP contribution in [0.3, 0.4) is 0 Å². The Morgan fingerprint density at radius 3 is 2.93 bits per heavy atom. The van der Waals surface area contributed by atoms with Crippen LogP contribution in [0.1, 0.15) is 36.0 Å². The highest BCUT2D eigenvalue weighted by atomic mass is 16.5. The molecule has 1 aromatic heterocycles. The number of carbonyl (C=O) groups is 1. The van der Waals surface area contributed by atoms with Crippen molar-refractivity contribution in [2.75, 3.05) is 32.9 Å². The van der Waals surface area contributed by atoms with Crippen LogP contribution in [0.2, 0.25) is 0 Å². The van der Waals surface area contributed by atoms with Gasteiger partial charge in [0.2, 0.25) is 0 Å². The van der Waals surface area contributed by atoms with E-state index in [-0.39, 0.29) is 11.5 Å². The van der Waals surface area contributed by atoms with E-state index in [0.29, 0.717) is 19.0 Å². The molecule has 5 nitrogen and oxygen atoms in total. The van der Waals surface area contributed by atoms with Gasteiger partial charge in [0, 0.05) is 31.4 Å². The van der Waals surface area contributed by atoms with Gasteiger partial charge < -0.3 is 14.4 Å². The SMILES string of the molecule is O=C(c1ccnc2ccccc12)N1CC2(C1)OCC[C@H]2CCOCC1CC1. The topological polar surface area (TPSA) is 51.7 Å². The van der Waals surface area contributed by atoms with Gasteiger partial charge in [-0.25, -0.2) is 0 Å². The molecule has 142 valence electrons. The molecule has 3 fully saturated rings. The van der Waals surface area contributed by atoms with E-state index in [0.717, 1.165) is 55.0 Å². The quantitative estimate of drug-likeness (QED) is 0.736. The lowest BCUT2D eigenvalue weighted by Crippen LogP contribution is -2.66. The van der Waals surface area contributed by atoms with Crippen molar-refractivity contribution in [2.45, 2.75) is 31.3 Å². The molecule has 0 N–H and O–H groups in total. The molecular weight excluding hydrogens is 340 g/mol. The number of amides is 1. The summed E-state index contributed by atoms with van der Waals surface area (Å²) in [6, 6.07) is 9.65. The van der Waals surface area contributed by atoms with E-state index in [1.165, 1.54) is 12.8 Å². The summed E-state index contributed by atoms with van der Waals surface area (Å²) >= 11 is 0. The highest BCUT2D eigenvalue weighted by Gasteiger charge is 2.54. The summed E-state index contributed by atoms with van der Waals surface area (Å²) in [5, 5.41) is 0.920. The van der Waals surface area contributed by atoms with Crippen LogP contribution in [0.15, 0.2) is 36.5 Å². The number of para-hydroxylation sites is 1. The lowest BCUT2D eigenvalue weighted by Gasteiger charge is -2.50. The second-order valence-electron chi connectivity index (χ2n) is 8.24. The first-order valence-electron chi connectivity index (χ1n) is 10.1. The second-order valence-corrected chi connectivity index (χ2v) is 8.24. The summed E-state index contributed by atoms with van der Waals surface area (Å²) in [6.07, 6.45) is 6.49. The van der Waals surface area contributed by atoms with Gasteiger partial charge in [0.05, 0.1) is 24.2 Å². The van der Waals surface area contributed by atoms with Crippen molar-refractivity contribution in [1.82, 2.24) is 9.88 Å². The van der Waals surface area contributed by atoms with E-state index in [2.05, 4.69) is 4.98 Å². The molecule has 2 saturated heterocycles. The van der Waals surface area contributed by atoms with Crippen molar-refractivity contribution >= 4 is 16.8 Å². The van der Waals surface area contributed by atoms with Crippen molar-refractivity contribution in [3.63, 3.8) is 0 Å². The van der Waals surface area contributed by atoms with E-state index in [1.807, 2.05) is 35.2 Å². The number of fused-ring (bicyclic) bond motifs is 1. The van der Waals surface area contributed by atoms with Crippen LogP contribution >= 0.6 is 0 Å². The fourth-order valence-corrected chi connectivity index (χ4v) is 4.50. The van der Waals surface area contributed by atoms with E-state index in [4.69, 9.17) is 9.47 Å². The number of hydrogen-bond donors (Lipinski definition) is 0. The van der Waals surface area contributed by atoms with Crippen LogP contribution < -0.4 is 0 Å². The van der Waals surface area contributed by atoms with Crippen LogP contribution in [0.25, 0.3) is 10.9 Å². The minimum atomic E-state index is -0.151. The normalized spacial score (nSPS) is 23.7. The summed E-state index contributed by atoms with van der Waals surface area (Å²) in [4.78, 5) is 19.3. The Balaban J connectivity index is 1.22. The Morgan fingerprint density at radius 2 is 2.07 bits per heavy atom. The molecule has 5 heteroatoms. The largest absolute Gasteiger partial charge is 0.381 e. The Bertz CT molecular complexity index is 837. The third kappa shape index (κ3) is 3.23. The number of likely N-dealkylation sites (tertiary alicyclic amines) is 1. The summed E-state index contributed by atoms with van der Waals surface area (Å²) < 4.78 is 12.0. The van der Waals surface area contributed by atoms with Gasteiger partial charge in [-0.1, -0.05) is 18.2 Å². The summed E-state index contributed by atoms with van der Waals surface area (Å²) in [6.45, 7) is 3.91. The van der Waals surface area contributed by atoms with Gasteiger partial charge in [0.1, 0.15) is 5.60 Å². The number of pyridine rings is 1. The molecule has 1 aromatic carbocycles. The van der Waals surface area contributed by atoms with Crippen molar-refractivity contribution in [3.8, 4) is 0 Å². The van der Waals surface area contributed by atoms with Crippen molar-refractivity contribution in [2.24, 2.45) is 11.8 Å². The smallest absolute Gasteiger partial charge is 0.254 e. The highest BCUT2D eigenvalue weighted by molar-refractivity contribution is 6.06. The molecule has 2 aliphatic heterocycles. The molecule has 1 amide bonds. The lowest BCUT2D eigenvalue weighted by atomic mass is 9.78. The molecular formula is C22H26N2O3. The minimum Gasteiger partial charge on any atom is -0.381 e. The standard InChI is InChI=1S/C22H26N2O3/c25-21(19-7-10-23-20-4-2-1-3-18(19)20)24-14-22(15-24)17(9-12-27-22)8-11-26-13-16-5-6-16/h1-4,7,10,16-17H,5-6,8-9,11-15H2/t17-/m1/s1. The Kier molecular flexibility index (Phi) is 4.37. The van der Waals surface area contributed by atoms with Crippen LogP contribution in [-0.2, 0) is 9.47 Å². The average Bonchev–Trinajstić information content (AvgIpc) is 3.40. The first-order valence-corrected chi connectivity index (χ1v) is 10.1. The number of aromatic nitrogens is 1. The monoisotopic (exact) mass is 366 g/mol. The molecule has 0 bridgehead atoms. The zero-order valence-electron chi connectivity index (χ0n) is 15.6. The van der Waals surface area contributed by atoms with E-state index < -0.39 is 0 Å². The first kappa shape index (κ1) is 17.1. The van der Waals surface area contributed by atoms with E-state index >= 15 is 0 Å². The number of ether oxygens (including phenoxy) is 2. The third-order valence-electron chi connectivity index (χ3n) is 6.34. The van der Waals surface area contributed by atoms with Gasteiger partial charge in [0.25, 0.3) is 5.91 Å². The molecule has 3 heterocycles. The van der Waals surface area contributed by atoms with E-state index in [9.17, 15) is 4.79 Å². The van der Waals surface area contributed by atoms with Crippen molar-refractivity contribution in [1.29, 1.82) is 0 Å². The van der Waals surface area contributed by atoms with Gasteiger partial charge in [0.15, 0.2) is 0 Å². The Hall–Kier alpha value is -1.98. The molecule has 2 aromatic rings. The maximum atomic E-state index is 13.0. The molecule has 3 aliphatic rings. The predicted molar refractivity (Wildman–Crippen MR) is 103 cm³/mol. The Morgan fingerprint density at radius 1 is 1.22 bits per heavy atom. The second kappa shape index (κ2) is 6.88. The third-order valence-corrected chi connectivity index (χ3v) is 6.34. The number of rotatable bonds is 6. The zero-order chi connectivity index (χ0) is 18.3. The number of nitrogens with zero attached hydrogens (tertiary/aromatic N) is 2. The number of hydrogen-bond acceptors (Lipinski definition) is 4. The van der Waals surface area contributed by atoms with Gasteiger partial charge in [-0.05, 0) is 49.7 Å². The number of carbonyl (C=O) groups excluding carboxylic acids is 1. The molecule has 1 spiro atoms. The maximum Gasteiger partial charge on any atom is 0.254 e. The van der Waals surface area contributed by atoms with Gasteiger partial charge in [-0.2, -0.15) is 0 Å². The number of benzene rings is 1. The summed E-state index contributed by atoms with van der Waals surface area (Å²) in [5.41, 5.74) is 1.45. The molecule has 1 aliphatic carbocycles. The van der Waals surface area contributed by atoms with Crippen molar-refractivity contribution < 1.29 is 14.3 Å². The van der Waals surface area contributed by atoms with Gasteiger partial charge in [-0.15, -0.1) is 0 Å². The lowest BCUT2D eigenvalue weighted by molar-refractivity contribution is -0.120. The first-order chi connectivity index (χ1) is 13.3. The zero-order valence-corrected chi connectivity index (χ0v) is 15.6. The molecule has 1 saturated carbocycles. The Labute approximate surface area is 159 Å². The molecule has 0 unspecified atom stereocenters.